The second kappa shape index (κ2) is 4.80. The molecular weight excluding hydrogens is 222 g/mol. The first-order chi connectivity index (χ1) is 8.24. The number of aromatic nitrogens is 1. The van der Waals surface area contributed by atoms with Gasteiger partial charge in [0.1, 0.15) is 6.26 Å². The Hall–Kier alpha value is -2.14. The average molecular weight is 233 g/mol. The molecule has 0 aliphatic carbocycles. The van der Waals surface area contributed by atoms with Crippen LogP contribution in [0.3, 0.4) is 0 Å². The summed E-state index contributed by atoms with van der Waals surface area (Å²) in [5.41, 5.74) is 0.970. The van der Waals surface area contributed by atoms with Gasteiger partial charge in [-0.15, -0.1) is 0 Å². The molecule has 0 amide bonds. The molecule has 0 aliphatic heterocycles. The van der Waals surface area contributed by atoms with Crippen LogP contribution in [0.2, 0.25) is 0 Å². The van der Waals surface area contributed by atoms with Gasteiger partial charge in [0, 0.05) is 11.1 Å². The number of ether oxygens (including phenoxy) is 1. The summed E-state index contributed by atoms with van der Waals surface area (Å²) >= 11 is 0. The van der Waals surface area contributed by atoms with Crippen molar-refractivity contribution in [3.05, 3.63) is 42.3 Å². The molecule has 0 spiro atoms. The summed E-state index contributed by atoms with van der Waals surface area (Å²) in [5.74, 6) is -0.368. The lowest BCUT2D eigenvalue weighted by Gasteiger charge is -2.11. The predicted octanol–water partition coefficient (Wildman–Crippen LogP) is 1.55. The number of esters is 1. The molecule has 88 valence electrons. The fourth-order valence-corrected chi connectivity index (χ4v) is 1.53. The normalized spacial score (nSPS) is 12.1. The molecule has 0 aliphatic rings. The van der Waals surface area contributed by atoms with Crippen molar-refractivity contribution < 1.29 is 19.1 Å². The van der Waals surface area contributed by atoms with E-state index in [9.17, 15) is 9.90 Å². The van der Waals surface area contributed by atoms with E-state index in [0.717, 1.165) is 0 Å². The number of aliphatic hydroxyl groups excluding tert-OH is 1. The van der Waals surface area contributed by atoms with Crippen LogP contribution in [-0.2, 0) is 9.53 Å². The molecule has 1 unspecified atom stereocenters. The Morgan fingerprint density at radius 2 is 2.24 bits per heavy atom. The van der Waals surface area contributed by atoms with Crippen LogP contribution in [0, 0.1) is 0 Å². The molecule has 2 rings (SSSR count). The van der Waals surface area contributed by atoms with Crippen molar-refractivity contribution in [2.45, 2.75) is 6.10 Å². The number of oxazole rings is 1. The molecule has 17 heavy (non-hydrogen) atoms. The van der Waals surface area contributed by atoms with E-state index in [4.69, 9.17) is 4.42 Å². The van der Waals surface area contributed by atoms with Crippen LogP contribution < -0.4 is 0 Å². The SMILES string of the molecule is COC(=O)C(O)c1ccccc1-c1ncco1. The molecule has 0 radical (unpaired) electrons. The third-order valence-electron chi connectivity index (χ3n) is 2.34. The van der Waals surface area contributed by atoms with Crippen molar-refractivity contribution in [1.29, 1.82) is 0 Å². The molecule has 1 N–H and O–H groups in total. The summed E-state index contributed by atoms with van der Waals surface area (Å²) in [7, 11) is 1.22. The number of rotatable bonds is 3. The smallest absolute Gasteiger partial charge is 0.339 e. The number of hydrogen-bond donors (Lipinski definition) is 1. The van der Waals surface area contributed by atoms with Gasteiger partial charge in [0.2, 0.25) is 5.89 Å². The summed E-state index contributed by atoms with van der Waals surface area (Å²) in [6, 6.07) is 6.83. The van der Waals surface area contributed by atoms with E-state index in [1.165, 1.54) is 19.6 Å². The molecule has 1 aromatic carbocycles. The van der Waals surface area contributed by atoms with Crippen LogP contribution in [0.1, 0.15) is 11.7 Å². The number of carbonyl (C=O) groups is 1. The Labute approximate surface area is 97.7 Å². The maximum atomic E-state index is 11.3. The summed E-state index contributed by atoms with van der Waals surface area (Å²) in [6.07, 6.45) is 1.58. The van der Waals surface area contributed by atoms with Crippen molar-refractivity contribution in [3.8, 4) is 11.5 Å². The Balaban J connectivity index is 2.44. The third-order valence-corrected chi connectivity index (χ3v) is 2.34. The first-order valence-electron chi connectivity index (χ1n) is 4.98. The van der Waals surface area contributed by atoms with Crippen molar-refractivity contribution in [2.24, 2.45) is 0 Å². The number of aliphatic hydroxyl groups is 1. The Morgan fingerprint density at radius 1 is 1.47 bits per heavy atom. The van der Waals surface area contributed by atoms with E-state index in [1.807, 2.05) is 0 Å². The van der Waals surface area contributed by atoms with Gasteiger partial charge in [-0.1, -0.05) is 18.2 Å². The summed E-state index contributed by atoms with van der Waals surface area (Å²) in [5, 5.41) is 9.82. The minimum atomic E-state index is -1.34. The minimum absolute atomic E-state index is 0.351. The van der Waals surface area contributed by atoms with Gasteiger partial charge < -0.3 is 14.3 Å². The number of methoxy groups -OCH3 is 1. The molecule has 0 bridgehead atoms. The van der Waals surface area contributed by atoms with Crippen LogP contribution in [0.5, 0.6) is 0 Å². The third kappa shape index (κ3) is 2.19. The van der Waals surface area contributed by atoms with Crippen molar-refractivity contribution in [2.75, 3.05) is 7.11 Å². The van der Waals surface area contributed by atoms with Gasteiger partial charge in [-0.25, -0.2) is 9.78 Å². The molecule has 2 aromatic rings. The topological polar surface area (TPSA) is 72.6 Å². The fourth-order valence-electron chi connectivity index (χ4n) is 1.53. The van der Waals surface area contributed by atoms with Gasteiger partial charge in [0.25, 0.3) is 0 Å². The maximum Gasteiger partial charge on any atom is 0.339 e. The van der Waals surface area contributed by atoms with E-state index in [0.29, 0.717) is 17.0 Å². The summed E-state index contributed by atoms with van der Waals surface area (Å²) in [6.45, 7) is 0. The zero-order valence-electron chi connectivity index (χ0n) is 9.16. The highest BCUT2D eigenvalue weighted by atomic mass is 16.5. The molecular formula is C12H11NO4. The lowest BCUT2D eigenvalue weighted by molar-refractivity contribution is -0.150. The van der Waals surface area contributed by atoms with Crippen molar-refractivity contribution >= 4 is 5.97 Å². The lowest BCUT2D eigenvalue weighted by atomic mass is 10.0. The van der Waals surface area contributed by atoms with Crippen LogP contribution in [-0.4, -0.2) is 23.2 Å². The van der Waals surface area contributed by atoms with Crippen molar-refractivity contribution in [3.63, 3.8) is 0 Å². The van der Waals surface area contributed by atoms with Gasteiger partial charge >= 0.3 is 5.97 Å². The largest absolute Gasteiger partial charge is 0.467 e. The van der Waals surface area contributed by atoms with Gasteiger partial charge in [-0.3, -0.25) is 0 Å². The summed E-state index contributed by atoms with van der Waals surface area (Å²) in [4.78, 5) is 15.3. The molecule has 5 heteroatoms. The Morgan fingerprint density at radius 3 is 2.88 bits per heavy atom. The first-order valence-corrected chi connectivity index (χ1v) is 4.98. The number of nitrogens with zero attached hydrogens (tertiary/aromatic N) is 1. The Bertz CT molecular complexity index is 507. The molecule has 0 saturated carbocycles. The predicted molar refractivity (Wildman–Crippen MR) is 58.9 cm³/mol. The van der Waals surface area contributed by atoms with Crippen LogP contribution in [0.15, 0.2) is 41.1 Å². The van der Waals surface area contributed by atoms with Crippen molar-refractivity contribution in [1.82, 2.24) is 4.98 Å². The fraction of sp³-hybridized carbons (Fsp3) is 0.167. The molecule has 1 heterocycles. The van der Waals surface area contributed by atoms with Crippen LogP contribution in [0.4, 0.5) is 0 Å². The van der Waals surface area contributed by atoms with Crippen LogP contribution >= 0.6 is 0 Å². The van der Waals surface area contributed by atoms with Gasteiger partial charge in [-0.2, -0.15) is 0 Å². The van der Waals surface area contributed by atoms with Gasteiger partial charge in [0.05, 0.1) is 13.3 Å². The highest BCUT2D eigenvalue weighted by Crippen LogP contribution is 2.27. The molecule has 5 nitrogen and oxygen atoms in total. The zero-order chi connectivity index (χ0) is 12.3. The van der Waals surface area contributed by atoms with E-state index in [1.54, 1.807) is 24.3 Å². The zero-order valence-corrected chi connectivity index (χ0v) is 9.16. The molecule has 1 aromatic heterocycles. The second-order valence-electron chi connectivity index (χ2n) is 3.35. The highest BCUT2D eigenvalue weighted by Gasteiger charge is 2.22. The molecule has 0 saturated heterocycles. The standard InChI is InChI=1S/C12H11NO4/c1-16-12(15)10(14)8-4-2-3-5-9(8)11-13-6-7-17-11/h2-7,10,14H,1H3. The monoisotopic (exact) mass is 233 g/mol. The van der Waals surface area contributed by atoms with E-state index >= 15 is 0 Å². The van der Waals surface area contributed by atoms with Gasteiger partial charge in [0.15, 0.2) is 6.10 Å². The quantitative estimate of drug-likeness (QED) is 0.814. The first kappa shape index (κ1) is 11.3. The second-order valence-corrected chi connectivity index (χ2v) is 3.35. The lowest BCUT2D eigenvalue weighted by Crippen LogP contribution is -2.14. The van der Waals surface area contributed by atoms with Gasteiger partial charge in [-0.05, 0) is 6.07 Å². The maximum absolute atomic E-state index is 11.3. The minimum Gasteiger partial charge on any atom is -0.467 e. The molecule has 1 atom stereocenters. The Kier molecular flexibility index (Phi) is 3.20. The summed E-state index contributed by atoms with van der Waals surface area (Å²) < 4.78 is 9.65. The van der Waals surface area contributed by atoms with E-state index < -0.39 is 12.1 Å². The van der Waals surface area contributed by atoms with Crippen LogP contribution in [0.25, 0.3) is 11.5 Å². The average Bonchev–Trinajstić information content (AvgIpc) is 2.90. The number of hydrogen-bond acceptors (Lipinski definition) is 5. The van der Waals surface area contributed by atoms with E-state index in [-0.39, 0.29) is 0 Å². The number of carbonyl (C=O) groups excluding carboxylic acids is 1. The highest BCUT2D eigenvalue weighted by molar-refractivity contribution is 5.79. The molecule has 0 fully saturated rings. The number of benzene rings is 1. The van der Waals surface area contributed by atoms with E-state index in [2.05, 4.69) is 9.72 Å².